The molecule has 1 N–H and O–H groups in total. The highest BCUT2D eigenvalue weighted by Gasteiger charge is 2.46. The van der Waals surface area contributed by atoms with Crippen molar-refractivity contribution in [2.75, 3.05) is 26.9 Å². The number of methoxy groups -OCH3 is 1. The molecule has 0 amide bonds. The molecular weight excluding hydrogens is 184 g/mol. The third kappa shape index (κ3) is 1.80. The Kier molecular flexibility index (Phi) is 3.07. The Morgan fingerprint density at radius 2 is 2.29 bits per heavy atom. The predicted molar refractivity (Wildman–Crippen MR) is 50.2 cm³/mol. The molecule has 4 nitrogen and oxygen atoms in total. The topological polar surface area (TPSA) is 47.9 Å². The van der Waals surface area contributed by atoms with Gasteiger partial charge in [-0.25, -0.2) is 0 Å². The summed E-state index contributed by atoms with van der Waals surface area (Å²) in [6, 6.07) is 0. The summed E-state index contributed by atoms with van der Waals surface area (Å²) in [7, 11) is 1.67. The van der Waals surface area contributed by atoms with E-state index in [4.69, 9.17) is 14.2 Å². The fourth-order valence-electron chi connectivity index (χ4n) is 2.39. The average Bonchev–Trinajstić information content (AvgIpc) is 2.18. The number of rotatable bonds is 1. The van der Waals surface area contributed by atoms with Gasteiger partial charge in [0.25, 0.3) is 0 Å². The van der Waals surface area contributed by atoms with Crippen molar-refractivity contribution in [1.82, 2.24) is 0 Å². The SMILES string of the molecule is COC1COCCC12CC(O)CCO2. The quantitative estimate of drug-likeness (QED) is 0.665. The molecule has 2 saturated heterocycles. The summed E-state index contributed by atoms with van der Waals surface area (Å²) in [6.07, 6.45) is 1.95. The van der Waals surface area contributed by atoms with Gasteiger partial charge in [0, 0.05) is 33.2 Å². The van der Waals surface area contributed by atoms with Crippen LogP contribution in [-0.4, -0.2) is 49.8 Å². The Morgan fingerprint density at radius 3 is 3.00 bits per heavy atom. The molecule has 3 unspecified atom stereocenters. The van der Waals surface area contributed by atoms with Crippen molar-refractivity contribution in [3.63, 3.8) is 0 Å². The summed E-state index contributed by atoms with van der Waals surface area (Å²) in [6.45, 7) is 1.90. The third-order valence-corrected chi connectivity index (χ3v) is 3.23. The largest absolute Gasteiger partial charge is 0.393 e. The van der Waals surface area contributed by atoms with Crippen LogP contribution in [0.15, 0.2) is 0 Å². The van der Waals surface area contributed by atoms with Crippen LogP contribution in [0.2, 0.25) is 0 Å². The molecule has 0 aromatic carbocycles. The van der Waals surface area contributed by atoms with Crippen molar-refractivity contribution in [2.45, 2.75) is 37.1 Å². The number of aliphatic hydroxyl groups excluding tert-OH is 1. The van der Waals surface area contributed by atoms with Crippen molar-refractivity contribution >= 4 is 0 Å². The van der Waals surface area contributed by atoms with Crippen LogP contribution in [-0.2, 0) is 14.2 Å². The average molecular weight is 202 g/mol. The van der Waals surface area contributed by atoms with Gasteiger partial charge < -0.3 is 19.3 Å². The van der Waals surface area contributed by atoms with Gasteiger partial charge in [0.05, 0.1) is 12.7 Å². The minimum Gasteiger partial charge on any atom is -0.393 e. The summed E-state index contributed by atoms with van der Waals surface area (Å²) in [5.41, 5.74) is -0.301. The second kappa shape index (κ2) is 4.14. The van der Waals surface area contributed by atoms with Crippen LogP contribution in [0.5, 0.6) is 0 Å². The molecule has 0 aromatic rings. The summed E-state index contributed by atoms with van der Waals surface area (Å²) in [4.78, 5) is 0. The van der Waals surface area contributed by atoms with Gasteiger partial charge >= 0.3 is 0 Å². The molecule has 4 heteroatoms. The minimum atomic E-state index is -0.301. The Bertz CT molecular complexity index is 193. The zero-order valence-corrected chi connectivity index (χ0v) is 8.57. The summed E-state index contributed by atoms with van der Waals surface area (Å²) in [5, 5.41) is 9.66. The first kappa shape index (κ1) is 10.4. The molecular formula is C10H18O4. The van der Waals surface area contributed by atoms with Gasteiger partial charge in [0.15, 0.2) is 0 Å². The number of aliphatic hydroxyl groups is 1. The van der Waals surface area contributed by atoms with E-state index in [0.29, 0.717) is 26.2 Å². The summed E-state index contributed by atoms with van der Waals surface area (Å²) < 4.78 is 16.5. The van der Waals surface area contributed by atoms with Crippen LogP contribution < -0.4 is 0 Å². The zero-order chi connectivity index (χ0) is 10.0. The van der Waals surface area contributed by atoms with Crippen molar-refractivity contribution in [2.24, 2.45) is 0 Å². The van der Waals surface area contributed by atoms with E-state index < -0.39 is 0 Å². The van der Waals surface area contributed by atoms with E-state index in [1.54, 1.807) is 7.11 Å². The molecule has 14 heavy (non-hydrogen) atoms. The standard InChI is InChI=1S/C10H18O4/c1-12-9-7-13-5-3-10(9)6-8(11)2-4-14-10/h8-9,11H,2-7H2,1H3. The van der Waals surface area contributed by atoms with E-state index in [9.17, 15) is 5.11 Å². The fourth-order valence-corrected chi connectivity index (χ4v) is 2.39. The maximum absolute atomic E-state index is 9.66. The number of hydrogen-bond acceptors (Lipinski definition) is 4. The molecule has 2 fully saturated rings. The van der Waals surface area contributed by atoms with E-state index >= 15 is 0 Å². The molecule has 82 valence electrons. The van der Waals surface area contributed by atoms with Gasteiger partial charge in [-0.3, -0.25) is 0 Å². The van der Waals surface area contributed by atoms with E-state index in [-0.39, 0.29) is 17.8 Å². The van der Waals surface area contributed by atoms with Crippen molar-refractivity contribution < 1.29 is 19.3 Å². The summed E-state index contributed by atoms with van der Waals surface area (Å²) in [5.74, 6) is 0. The zero-order valence-electron chi connectivity index (χ0n) is 8.57. The normalized spacial score (nSPS) is 44.1. The first-order chi connectivity index (χ1) is 6.77. The van der Waals surface area contributed by atoms with Gasteiger partial charge in [0.1, 0.15) is 11.7 Å². The molecule has 3 atom stereocenters. The monoisotopic (exact) mass is 202 g/mol. The smallest absolute Gasteiger partial charge is 0.109 e. The lowest BCUT2D eigenvalue weighted by atomic mass is 9.83. The van der Waals surface area contributed by atoms with Crippen molar-refractivity contribution in [1.29, 1.82) is 0 Å². The van der Waals surface area contributed by atoms with E-state index in [1.807, 2.05) is 0 Å². The molecule has 2 rings (SSSR count). The summed E-state index contributed by atoms with van der Waals surface area (Å²) >= 11 is 0. The van der Waals surface area contributed by atoms with Crippen LogP contribution in [0.1, 0.15) is 19.3 Å². The molecule has 2 aliphatic heterocycles. The lowest BCUT2D eigenvalue weighted by molar-refractivity contribution is -0.223. The molecule has 0 radical (unpaired) electrons. The molecule has 2 aliphatic rings. The molecule has 2 heterocycles. The Morgan fingerprint density at radius 1 is 1.43 bits per heavy atom. The van der Waals surface area contributed by atoms with Crippen molar-refractivity contribution in [3.05, 3.63) is 0 Å². The predicted octanol–water partition coefficient (Wildman–Crippen LogP) is 0.332. The Hall–Kier alpha value is -0.160. The molecule has 0 aliphatic carbocycles. The van der Waals surface area contributed by atoms with Crippen LogP contribution in [0.25, 0.3) is 0 Å². The second-order valence-corrected chi connectivity index (χ2v) is 4.11. The highest BCUT2D eigenvalue weighted by atomic mass is 16.6. The van der Waals surface area contributed by atoms with Gasteiger partial charge in [-0.2, -0.15) is 0 Å². The van der Waals surface area contributed by atoms with Crippen molar-refractivity contribution in [3.8, 4) is 0 Å². The van der Waals surface area contributed by atoms with Crippen LogP contribution in [0, 0.1) is 0 Å². The number of hydrogen-bond donors (Lipinski definition) is 1. The lowest BCUT2D eigenvalue weighted by Crippen LogP contribution is -2.56. The van der Waals surface area contributed by atoms with Crippen LogP contribution >= 0.6 is 0 Å². The maximum Gasteiger partial charge on any atom is 0.109 e. The third-order valence-electron chi connectivity index (χ3n) is 3.23. The molecule has 0 bridgehead atoms. The first-order valence-electron chi connectivity index (χ1n) is 5.19. The first-order valence-corrected chi connectivity index (χ1v) is 5.19. The van der Waals surface area contributed by atoms with Gasteiger partial charge in [-0.05, 0) is 6.42 Å². The number of ether oxygens (including phenoxy) is 3. The van der Waals surface area contributed by atoms with E-state index in [1.165, 1.54) is 0 Å². The highest BCUT2D eigenvalue weighted by molar-refractivity contribution is 4.96. The van der Waals surface area contributed by atoms with Crippen LogP contribution in [0.3, 0.4) is 0 Å². The molecule has 0 saturated carbocycles. The Balaban J connectivity index is 2.09. The maximum atomic E-state index is 9.66. The fraction of sp³-hybridized carbons (Fsp3) is 1.00. The molecule has 0 aromatic heterocycles. The van der Waals surface area contributed by atoms with Gasteiger partial charge in [0.2, 0.25) is 0 Å². The lowest BCUT2D eigenvalue weighted by Gasteiger charge is -2.46. The highest BCUT2D eigenvalue weighted by Crippen LogP contribution is 2.35. The van der Waals surface area contributed by atoms with Gasteiger partial charge in [-0.15, -0.1) is 0 Å². The van der Waals surface area contributed by atoms with Crippen LogP contribution in [0.4, 0.5) is 0 Å². The second-order valence-electron chi connectivity index (χ2n) is 4.11. The minimum absolute atomic E-state index is 0.0359. The Labute approximate surface area is 84.1 Å². The molecule has 1 spiro atoms. The van der Waals surface area contributed by atoms with Gasteiger partial charge in [-0.1, -0.05) is 0 Å². The van der Waals surface area contributed by atoms with E-state index in [0.717, 1.165) is 12.8 Å². The van der Waals surface area contributed by atoms with E-state index in [2.05, 4.69) is 0 Å².